The Morgan fingerprint density at radius 3 is 0.426 bits per heavy atom. The van der Waals surface area contributed by atoms with Gasteiger partial charge in [-0.1, -0.05) is 284 Å². The third-order valence-corrected chi connectivity index (χ3v) is 18.5. The number of carboxylic acids is 4. The van der Waals surface area contributed by atoms with Crippen LogP contribution in [-0.2, 0) is 24.0 Å². The number of hydrogen-bond donors (Lipinski definition) is 1. The number of carbonyl (C=O) groups excluding carboxylic acids is 5. The van der Waals surface area contributed by atoms with Crippen LogP contribution in [0.25, 0.3) is 0 Å². The Morgan fingerprint density at radius 2 is 0.330 bits per heavy atom. The summed E-state index contributed by atoms with van der Waals surface area (Å²) in [6.07, 6.45) is 66.3. The molecule has 548 valence electrons. The van der Waals surface area contributed by atoms with Crippen molar-refractivity contribution in [2.24, 2.45) is 5.73 Å². The summed E-state index contributed by atoms with van der Waals surface area (Å²) in [5.41, 5.74) is 17.2. The van der Waals surface area contributed by atoms with Crippen LogP contribution in [0.2, 0.25) is 0 Å². The average molecular weight is 1430 g/mol. The van der Waals surface area contributed by atoms with Crippen LogP contribution in [0.5, 0.6) is 0 Å². The number of aliphatic carboxylic acids is 4. The quantitative estimate of drug-likeness (QED) is 0.0266. The molecule has 0 saturated carbocycles. The van der Waals surface area contributed by atoms with Gasteiger partial charge in [-0.05, 0) is 216 Å². The summed E-state index contributed by atoms with van der Waals surface area (Å²) in [4.78, 5) is 50.7. The van der Waals surface area contributed by atoms with E-state index in [0.717, 1.165) is 83.1 Å². The van der Waals surface area contributed by atoms with Crippen LogP contribution < -0.4 is 26.2 Å². The molecule has 11 heteroatoms. The van der Waals surface area contributed by atoms with Gasteiger partial charge in [0.25, 0.3) is 0 Å². The summed E-state index contributed by atoms with van der Waals surface area (Å²) >= 11 is 0. The van der Waals surface area contributed by atoms with E-state index < -0.39 is 29.8 Å². The molecule has 94 heavy (non-hydrogen) atoms. The zero-order valence-corrected chi connectivity index (χ0v) is 67.0. The van der Waals surface area contributed by atoms with Crippen LogP contribution in [0, 0.1) is 0 Å². The third-order valence-electron chi connectivity index (χ3n) is 18.5. The first-order valence-corrected chi connectivity index (χ1v) is 38.9. The molecular weight excluding hydrogens is 1270 g/mol. The number of hydrogen-bond acceptors (Lipinski definition) is 9. The van der Waals surface area contributed by atoms with Gasteiger partial charge in [-0.25, -0.2) is 0 Å². The number of unbranched alkanes of at least 4 members (excludes halogenated alkanes) is 36. The minimum atomic E-state index is -0.913. The summed E-state index contributed by atoms with van der Waals surface area (Å²) in [5, 5.41) is 41.2. The molecule has 0 aromatic rings. The molecule has 0 rings (SSSR count). The van der Waals surface area contributed by atoms with Crippen molar-refractivity contribution in [1.82, 2.24) is 0 Å². The van der Waals surface area contributed by atoms with Crippen LogP contribution in [0.4, 0.5) is 0 Å². The Hall–Kier alpha value is -3.15. The van der Waals surface area contributed by atoms with Crippen LogP contribution in [-0.4, -0.2) is 53.7 Å². The number of carbonyl (C=O) groups is 5. The van der Waals surface area contributed by atoms with E-state index in [0.29, 0.717) is 0 Å². The largest absolute Gasteiger partial charge is 4.00 e. The molecule has 2 N–H and O–H groups in total. The van der Waals surface area contributed by atoms with Crippen LogP contribution in [0.15, 0.2) is 57.2 Å². The normalized spacial score (nSPS) is 11.9. The molecule has 1 amide bonds. The van der Waals surface area contributed by atoms with Gasteiger partial charge in [0.15, 0.2) is 0 Å². The van der Waals surface area contributed by atoms with Gasteiger partial charge in [0, 0.05) is 23.9 Å². The van der Waals surface area contributed by atoms with Crippen LogP contribution in [0.1, 0.15) is 443 Å². The van der Waals surface area contributed by atoms with E-state index in [1.165, 1.54) is 257 Å². The van der Waals surface area contributed by atoms with E-state index in [1.807, 2.05) is 0 Å². The van der Waals surface area contributed by atoms with Gasteiger partial charge in [-0.3, -0.25) is 4.79 Å². The Labute approximate surface area is 600 Å². The number of nitrogens with two attached hydrogens (primary N) is 1. The van der Waals surface area contributed by atoms with Gasteiger partial charge < -0.3 is 45.3 Å². The van der Waals surface area contributed by atoms with E-state index >= 15 is 0 Å². The SMILES string of the molecule is C=CC(N)=O.CCCCCCCC/C(C)=C(/C)CCCCCCCC(=O)[O-].CCCCCCCC/C(C)=C(/C)CCCCCCCC(=O)[O-].CCCCCCCC/C(C)=C(/C)CCCCCCCC(=O)[O-].CCCCCCCC/C(C)=C(/C)CCCCCCCC(=O)[O-].[Sn+4]. The molecule has 10 nitrogen and oxygen atoms in total. The number of allylic oxidation sites excluding steroid dienone is 8. The van der Waals surface area contributed by atoms with E-state index in [4.69, 9.17) is 0 Å². The van der Waals surface area contributed by atoms with E-state index in [2.05, 4.69) is 95.4 Å². The van der Waals surface area contributed by atoms with Gasteiger partial charge in [0.1, 0.15) is 0 Å². The molecule has 0 heterocycles. The summed E-state index contributed by atoms with van der Waals surface area (Å²) in [7, 11) is 0. The van der Waals surface area contributed by atoms with Crippen molar-refractivity contribution in [3.05, 3.63) is 57.2 Å². The number of primary amides is 1. The minimum absolute atomic E-state index is 0. The molecule has 0 atom stereocenters. The minimum Gasteiger partial charge on any atom is -0.550 e. The molecule has 0 aliphatic carbocycles. The molecule has 0 aliphatic rings. The van der Waals surface area contributed by atoms with Crippen molar-refractivity contribution in [2.75, 3.05) is 0 Å². The van der Waals surface area contributed by atoms with Gasteiger partial charge in [-0.15, -0.1) is 0 Å². The third kappa shape index (κ3) is 90.9. The van der Waals surface area contributed by atoms with E-state index in [-0.39, 0.29) is 49.6 Å². The predicted molar refractivity (Wildman–Crippen MR) is 400 cm³/mol. The van der Waals surface area contributed by atoms with Crippen LogP contribution in [0.3, 0.4) is 0 Å². The molecule has 0 radical (unpaired) electrons. The second kappa shape index (κ2) is 82.3. The Morgan fingerprint density at radius 1 is 0.234 bits per heavy atom. The first-order chi connectivity index (χ1) is 44.6. The smallest absolute Gasteiger partial charge is 0.550 e. The predicted octanol–water partition coefficient (Wildman–Crippen LogP) is 21.5. The van der Waals surface area contributed by atoms with Crippen molar-refractivity contribution >= 4 is 53.7 Å². The van der Waals surface area contributed by atoms with Crippen molar-refractivity contribution in [3.63, 3.8) is 0 Å². The van der Waals surface area contributed by atoms with Crippen molar-refractivity contribution < 1.29 is 44.4 Å². The second-order valence-corrected chi connectivity index (χ2v) is 27.5. The number of rotatable bonds is 61. The Kier molecular flexibility index (Phi) is 89.2. The molecule has 0 aromatic heterocycles. The fourth-order valence-electron chi connectivity index (χ4n) is 11.1. The van der Waals surface area contributed by atoms with Crippen molar-refractivity contribution in [1.29, 1.82) is 0 Å². The van der Waals surface area contributed by atoms with Gasteiger partial charge >= 0.3 is 23.9 Å². The summed E-state index contributed by atoms with van der Waals surface area (Å²) < 4.78 is 0. The fourth-order valence-corrected chi connectivity index (χ4v) is 11.1. The maximum absolute atomic E-state index is 10.3. The topological polar surface area (TPSA) is 204 Å². The standard InChI is InChI=1S/4C20H38O2.C3H5NO.Sn/c4*1-4-5-6-7-9-12-15-18(2)19(3)16-13-10-8-11-14-17-20(21)22;1-2-3(4)5;/h4*4-17H2,1-3H3,(H,21,22);2H,1H2,(H2,4,5);/q;;;;;+4/p-4/b4*19-18-;;. The zero-order chi connectivity index (χ0) is 70.8. The number of amides is 1. The Balaban J connectivity index is -0.000000267. The van der Waals surface area contributed by atoms with Crippen molar-refractivity contribution in [3.8, 4) is 0 Å². The molecule has 0 aliphatic heterocycles. The molecule has 0 aromatic carbocycles. The maximum Gasteiger partial charge on any atom is 4.00 e. The molecule has 0 unspecified atom stereocenters. The zero-order valence-electron chi connectivity index (χ0n) is 64.1. The van der Waals surface area contributed by atoms with Crippen LogP contribution >= 0.6 is 0 Å². The molecule has 0 spiro atoms. The summed E-state index contributed by atoms with van der Waals surface area (Å²) in [6.45, 7) is 30.4. The van der Waals surface area contributed by atoms with Gasteiger partial charge in [0.05, 0.1) is 0 Å². The second-order valence-electron chi connectivity index (χ2n) is 27.5. The monoisotopic (exact) mass is 1430 g/mol. The molecule has 0 fully saturated rings. The maximum atomic E-state index is 10.3. The average Bonchev–Trinajstić information content (AvgIpc) is 3.64. The van der Waals surface area contributed by atoms with E-state index in [1.54, 1.807) is 44.6 Å². The molecular formula is C83H153NO9Sn. The summed E-state index contributed by atoms with van der Waals surface area (Å²) in [6, 6.07) is 0. The van der Waals surface area contributed by atoms with E-state index in [9.17, 15) is 44.4 Å². The first kappa shape index (κ1) is 102. The van der Waals surface area contributed by atoms with Gasteiger partial charge in [-0.2, -0.15) is 0 Å². The van der Waals surface area contributed by atoms with Gasteiger partial charge in [0.2, 0.25) is 5.91 Å². The molecule has 0 saturated heterocycles. The van der Waals surface area contributed by atoms with Crippen molar-refractivity contribution in [2.45, 2.75) is 443 Å². The number of carboxylic acid groups (broad SMARTS) is 4. The first-order valence-electron chi connectivity index (χ1n) is 38.9. The fraction of sp³-hybridized carbons (Fsp3) is 0.819. The summed E-state index contributed by atoms with van der Waals surface area (Å²) in [5.74, 6) is -4.13. The Bertz CT molecular complexity index is 1630. The molecule has 0 bridgehead atoms.